The van der Waals surface area contributed by atoms with Gasteiger partial charge in [0.1, 0.15) is 0 Å². The number of para-hydroxylation sites is 1. The summed E-state index contributed by atoms with van der Waals surface area (Å²) in [7, 11) is 0. The summed E-state index contributed by atoms with van der Waals surface area (Å²) in [6.07, 6.45) is 5.44. The average molecular weight is 305 g/mol. The Balaban J connectivity index is 1.92. The zero-order valence-electron chi connectivity index (χ0n) is 13.1. The lowest BCUT2D eigenvalue weighted by Gasteiger charge is -2.42. The van der Waals surface area contributed by atoms with Crippen LogP contribution in [0.3, 0.4) is 0 Å². The number of aromatic nitrogens is 1. The van der Waals surface area contributed by atoms with Crippen LogP contribution < -0.4 is 0 Å². The lowest BCUT2D eigenvalue weighted by atomic mass is 9.60. The van der Waals surface area contributed by atoms with Gasteiger partial charge in [-0.25, -0.2) is 4.79 Å². The van der Waals surface area contributed by atoms with Crippen molar-refractivity contribution in [3.8, 4) is 0 Å². The summed E-state index contributed by atoms with van der Waals surface area (Å²) in [5.74, 6) is -0.887. The molecule has 3 nitrogen and oxygen atoms in total. The number of rotatable bonds is 3. The Hall–Kier alpha value is -2.55. The van der Waals surface area contributed by atoms with Crippen LogP contribution in [0.1, 0.15) is 46.3 Å². The number of carboxylic acids is 1. The summed E-state index contributed by atoms with van der Waals surface area (Å²) >= 11 is 0. The molecular weight excluding hydrogens is 286 g/mol. The highest BCUT2D eigenvalue weighted by atomic mass is 16.4. The summed E-state index contributed by atoms with van der Waals surface area (Å²) in [5, 5.41) is 10.4. The van der Waals surface area contributed by atoms with Crippen molar-refractivity contribution < 1.29 is 9.90 Å². The van der Waals surface area contributed by atoms with E-state index in [2.05, 4.69) is 36.2 Å². The Morgan fingerprint density at radius 3 is 2.48 bits per heavy atom. The summed E-state index contributed by atoms with van der Waals surface area (Å²) in [4.78, 5) is 14.7. The SMILES string of the molecule is Cc1ccc(C2(c3c[nH]c4c(C(=O)O)cccc34)CCC2)cc1. The van der Waals surface area contributed by atoms with Crippen LogP contribution in [0.5, 0.6) is 0 Å². The van der Waals surface area contributed by atoms with E-state index >= 15 is 0 Å². The molecule has 0 unspecified atom stereocenters. The van der Waals surface area contributed by atoms with Gasteiger partial charge in [0.25, 0.3) is 0 Å². The van der Waals surface area contributed by atoms with Crippen LogP contribution in [-0.2, 0) is 5.41 Å². The molecule has 116 valence electrons. The topological polar surface area (TPSA) is 53.1 Å². The van der Waals surface area contributed by atoms with Crippen LogP contribution in [0, 0.1) is 6.92 Å². The van der Waals surface area contributed by atoms with Gasteiger partial charge in [0.15, 0.2) is 0 Å². The third-order valence-corrected chi connectivity index (χ3v) is 5.27. The molecule has 0 radical (unpaired) electrons. The normalized spacial score (nSPS) is 16.2. The molecule has 1 heterocycles. The second kappa shape index (κ2) is 4.98. The number of carboxylic acid groups (broad SMARTS) is 1. The van der Waals surface area contributed by atoms with Crippen molar-refractivity contribution in [3.05, 3.63) is 70.9 Å². The van der Waals surface area contributed by atoms with Crippen molar-refractivity contribution in [1.82, 2.24) is 4.98 Å². The fraction of sp³-hybridized carbons (Fsp3) is 0.250. The largest absolute Gasteiger partial charge is 0.478 e. The van der Waals surface area contributed by atoms with Gasteiger partial charge in [0.05, 0.1) is 11.1 Å². The summed E-state index contributed by atoms with van der Waals surface area (Å²) in [6.45, 7) is 2.10. The molecule has 0 bridgehead atoms. The first-order valence-electron chi connectivity index (χ1n) is 8.03. The molecule has 0 spiro atoms. The Kier molecular flexibility index (Phi) is 3.05. The number of benzene rings is 2. The molecule has 0 saturated heterocycles. The van der Waals surface area contributed by atoms with E-state index in [-0.39, 0.29) is 5.41 Å². The Bertz CT molecular complexity index is 886. The second-order valence-corrected chi connectivity index (χ2v) is 6.54. The molecule has 3 aromatic rings. The number of carbonyl (C=O) groups is 1. The van der Waals surface area contributed by atoms with Crippen LogP contribution in [0.4, 0.5) is 0 Å². The van der Waals surface area contributed by atoms with Gasteiger partial charge in [-0.2, -0.15) is 0 Å². The maximum Gasteiger partial charge on any atom is 0.337 e. The van der Waals surface area contributed by atoms with Crippen molar-refractivity contribution >= 4 is 16.9 Å². The first kappa shape index (κ1) is 14.1. The molecule has 4 rings (SSSR count). The van der Waals surface area contributed by atoms with Crippen LogP contribution in [0.25, 0.3) is 10.9 Å². The quantitative estimate of drug-likeness (QED) is 0.740. The number of hydrogen-bond donors (Lipinski definition) is 2. The van der Waals surface area contributed by atoms with Crippen LogP contribution >= 0.6 is 0 Å². The molecule has 1 aliphatic carbocycles. The van der Waals surface area contributed by atoms with Crippen molar-refractivity contribution in [3.63, 3.8) is 0 Å². The zero-order valence-corrected chi connectivity index (χ0v) is 13.1. The number of aryl methyl sites for hydroxylation is 1. The van der Waals surface area contributed by atoms with E-state index in [0.717, 1.165) is 23.7 Å². The van der Waals surface area contributed by atoms with Gasteiger partial charge in [-0.15, -0.1) is 0 Å². The van der Waals surface area contributed by atoms with E-state index < -0.39 is 5.97 Å². The summed E-state index contributed by atoms with van der Waals surface area (Å²) < 4.78 is 0. The van der Waals surface area contributed by atoms with Gasteiger partial charge in [-0.05, 0) is 37.0 Å². The predicted molar refractivity (Wildman–Crippen MR) is 91.1 cm³/mol. The third-order valence-electron chi connectivity index (χ3n) is 5.27. The molecule has 0 aliphatic heterocycles. The van der Waals surface area contributed by atoms with E-state index in [1.165, 1.54) is 23.1 Å². The lowest BCUT2D eigenvalue weighted by molar-refractivity contribution is 0.0699. The molecular formula is C20H19NO2. The highest BCUT2D eigenvalue weighted by Crippen LogP contribution is 2.51. The van der Waals surface area contributed by atoms with E-state index in [1.807, 2.05) is 18.3 Å². The van der Waals surface area contributed by atoms with Crippen LogP contribution in [0.15, 0.2) is 48.7 Å². The second-order valence-electron chi connectivity index (χ2n) is 6.54. The molecule has 2 aromatic carbocycles. The minimum atomic E-state index is -0.887. The molecule has 2 N–H and O–H groups in total. The van der Waals surface area contributed by atoms with Crippen LogP contribution in [-0.4, -0.2) is 16.1 Å². The number of aromatic carboxylic acids is 1. The number of aromatic amines is 1. The fourth-order valence-corrected chi connectivity index (χ4v) is 3.84. The third kappa shape index (κ3) is 2.00. The number of hydrogen-bond acceptors (Lipinski definition) is 1. The molecule has 1 aliphatic rings. The average Bonchev–Trinajstić information content (AvgIpc) is 2.92. The van der Waals surface area contributed by atoms with E-state index in [4.69, 9.17) is 0 Å². The summed E-state index contributed by atoms with van der Waals surface area (Å²) in [5.41, 5.74) is 4.90. The van der Waals surface area contributed by atoms with Gasteiger partial charge in [-0.3, -0.25) is 0 Å². The maximum atomic E-state index is 11.4. The first-order chi connectivity index (χ1) is 11.1. The zero-order chi connectivity index (χ0) is 16.0. The minimum absolute atomic E-state index is 0.0169. The molecule has 23 heavy (non-hydrogen) atoms. The Labute approximate surface area is 135 Å². The standard InChI is InChI=1S/C20H19NO2/c1-13-6-8-14(9-7-13)20(10-3-11-20)17-12-21-18-15(17)4-2-5-16(18)19(22)23/h2,4-9,12,21H,3,10-11H2,1H3,(H,22,23). The predicted octanol–water partition coefficient (Wildman–Crippen LogP) is 4.64. The Morgan fingerprint density at radius 1 is 1.13 bits per heavy atom. The van der Waals surface area contributed by atoms with Gasteiger partial charge < -0.3 is 10.1 Å². The minimum Gasteiger partial charge on any atom is -0.478 e. The smallest absolute Gasteiger partial charge is 0.337 e. The van der Waals surface area contributed by atoms with Gasteiger partial charge in [-0.1, -0.05) is 48.4 Å². The Morgan fingerprint density at radius 2 is 1.87 bits per heavy atom. The maximum absolute atomic E-state index is 11.4. The molecule has 1 saturated carbocycles. The first-order valence-corrected chi connectivity index (χ1v) is 8.03. The van der Waals surface area contributed by atoms with E-state index in [9.17, 15) is 9.90 Å². The van der Waals surface area contributed by atoms with Crippen molar-refractivity contribution in [2.24, 2.45) is 0 Å². The van der Waals surface area contributed by atoms with Crippen LogP contribution in [0.2, 0.25) is 0 Å². The monoisotopic (exact) mass is 305 g/mol. The van der Waals surface area contributed by atoms with Gasteiger partial charge in [0.2, 0.25) is 0 Å². The molecule has 3 heteroatoms. The fourth-order valence-electron chi connectivity index (χ4n) is 3.84. The van der Waals surface area contributed by atoms with Crippen molar-refractivity contribution in [2.75, 3.05) is 0 Å². The summed E-state index contributed by atoms with van der Waals surface area (Å²) in [6, 6.07) is 14.3. The van der Waals surface area contributed by atoms with Gasteiger partial charge >= 0.3 is 5.97 Å². The number of H-pyrrole nitrogens is 1. The van der Waals surface area contributed by atoms with Gasteiger partial charge in [0, 0.05) is 17.0 Å². The highest BCUT2D eigenvalue weighted by molar-refractivity contribution is 6.03. The number of nitrogens with one attached hydrogen (secondary N) is 1. The van der Waals surface area contributed by atoms with Crippen molar-refractivity contribution in [1.29, 1.82) is 0 Å². The molecule has 0 amide bonds. The molecule has 1 fully saturated rings. The number of fused-ring (bicyclic) bond motifs is 1. The lowest BCUT2D eigenvalue weighted by Crippen LogP contribution is -2.35. The molecule has 1 aromatic heterocycles. The molecule has 0 atom stereocenters. The van der Waals surface area contributed by atoms with E-state index in [0.29, 0.717) is 5.56 Å². The van der Waals surface area contributed by atoms with E-state index in [1.54, 1.807) is 6.07 Å². The van der Waals surface area contributed by atoms with Crippen molar-refractivity contribution in [2.45, 2.75) is 31.6 Å². The highest BCUT2D eigenvalue weighted by Gasteiger charge is 2.42.